The largest absolute Gasteiger partial charge is 0.313 e. The number of allylic oxidation sites excluding steroid dienone is 4. The lowest BCUT2D eigenvalue weighted by Crippen LogP contribution is -2.06. The van der Waals surface area contributed by atoms with E-state index in [1.54, 1.807) is 0 Å². The second-order valence-corrected chi connectivity index (χ2v) is 15.9. The summed E-state index contributed by atoms with van der Waals surface area (Å²) >= 11 is 0. The Hall–Kier alpha value is -7.89. The van der Waals surface area contributed by atoms with Crippen molar-refractivity contribution in [3.63, 3.8) is 0 Å². The fourth-order valence-electron chi connectivity index (χ4n) is 9.91. The van der Waals surface area contributed by atoms with E-state index in [4.69, 9.17) is 15.0 Å². The highest BCUT2D eigenvalue weighted by Gasteiger charge is 2.26. The van der Waals surface area contributed by atoms with E-state index in [0.29, 0.717) is 17.6 Å². The van der Waals surface area contributed by atoms with Crippen LogP contribution in [0.5, 0.6) is 0 Å². The molecule has 0 aliphatic heterocycles. The van der Waals surface area contributed by atoms with Gasteiger partial charge in [-0.25, -0.2) is 4.98 Å². The second kappa shape index (κ2) is 12.8. The van der Waals surface area contributed by atoms with Gasteiger partial charge in [0.1, 0.15) is 0 Å². The third-order valence-corrected chi connectivity index (χ3v) is 12.6. The van der Waals surface area contributed by atoms with Crippen LogP contribution in [0.25, 0.3) is 122 Å². The van der Waals surface area contributed by atoms with Crippen molar-refractivity contribution in [3.05, 3.63) is 188 Å². The zero-order valence-electron chi connectivity index (χ0n) is 32.5. The molecule has 0 fully saturated rings. The van der Waals surface area contributed by atoms with Gasteiger partial charge in [-0.15, -0.1) is 0 Å². The van der Waals surface area contributed by atoms with Gasteiger partial charge in [0.15, 0.2) is 11.6 Å². The molecular formula is C55H35N5. The first-order chi connectivity index (χ1) is 29.8. The van der Waals surface area contributed by atoms with Crippen LogP contribution in [0.1, 0.15) is 12.8 Å². The predicted octanol–water partition coefficient (Wildman–Crippen LogP) is 14.1. The molecule has 0 radical (unpaired) electrons. The van der Waals surface area contributed by atoms with Gasteiger partial charge >= 0.3 is 0 Å². The lowest BCUT2D eigenvalue weighted by atomic mass is 9.96. The Morgan fingerprint density at radius 1 is 0.383 bits per heavy atom. The van der Waals surface area contributed by atoms with Gasteiger partial charge in [-0.2, -0.15) is 9.97 Å². The summed E-state index contributed by atoms with van der Waals surface area (Å²) in [7, 11) is 0. The molecule has 5 nitrogen and oxygen atoms in total. The summed E-state index contributed by atoms with van der Waals surface area (Å²) in [4.78, 5) is 15.3. The van der Waals surface area contributed by atoms with Crippen LogP contribution in [0, 0.1) is 0 Å². The zero-order valence-corrected chi connectivity index (χ0v) is 32.5. The lowest BCUT2D eigenvalue weighted by molar-refractivity contribution is 0.953. The van der Waals surface area contributed by atoms with E-state index < -0.39 is 0 Å². The van der Waals surface area contributed by atoms with E-state index >= 15 is 0 Å². The number of nitrogens with zero attached hydrogens (tertiary/aromatic N) is 5. The Kier molecular flexibility index (Phi) is 7.07. The van der Waals surface area contributed by atoms with E-state index in [9.17, 15) is 0 Å². The predicted molar refractivity (Wildman–Crippen MR) is 248 cm³/mol. The summed E-state index contributed by atoms with van der Waals surface area (Å²) in [5.74, 6) is 1.87. The molecule has 0 amide bonds. The van der Waals surface area contributed by atoms with Crippen molar-refractivity contribution >= 4 is 60.1 Å². The lowest BCUT2D eigenvalue weighted by Gasteiger charge is -2.15. The molecule has 5 heteroatoms. The molecule has 0 spiro atoms. The van der Waals surface area contributed by atoms with Gasteiger partial charge in [0.05, 0.1) is 22.1 Å². The molecule has 3 heterocycles. The molecule has 2 aliphatic rings. The number of fused-ring (bicyclic) bond motifs is 10. The van der Waals surface area contributed by atoms with Crippen LogP contribution < -0.4 is 0 Å². The first-order valence-electron chi connectivity index (χ1n) is 20.7. The Morgan fingerprint density at radius 2 is 0.983 bits per heavy atom. The fraction of sp³-hybridized carbons (Fsp3) is 0.0364. The Bertz CT molecular complexity index is 3590. The van der Waals surface area contributed by atoms with Crippen LogP contribution in [0.15, 0.2) is 188 Å². The van der Waals surface area contributed by atoms with Crippen molar-refractivity contribution in [3.8, 4) is 62.1 Å². The molecule has 13 rings (SSSR count). The standard InChI is InChI=1S/C55H35N5/c1-4-15-34(16-5-1)53-56-54(35-17-6-2-7-18-35)58-55(57-53)60-47-26-13-12-23-41(47)44-31-36(27-29-48(44)60)37-28-30-49-46(32-37)52-43-25-14-24-42-39-21-10-11-22-40(39)45(51(42)43)33-50(52)59(49)38-19-8-3-9-20-38/h1-8,10-19,21-33H,9,20H2. The molecule has 3 aromatic heterocycles. The van der Waals surface area contributed by atoms with Crippen molar-refractivity contribution in [1.82, 2.24) is 24.1 Å². The van der Waals surface area contributed by atoms with Gasteiger partial charge in [0.2, 0.25) is 5.95 Å². The minimum absolute atomic E-state index is 0.591. The van der Waals surface area contributed by atoms with E-state index in [2.05, 4.69) is 161 Å². The molecule has 11 aromatic rings. The third kappa shape index (κ3) is 4.83. The van der Waals surface area contributed by atoms with E-state index in [0.717, 1.165) is 51.3 Å². The van der Waals surface area contributed by atoms with E-state index in [-0.39, 0.29) is 0 Å². The average molecular weight is 766 g/mol. The van der Waals surface area contributed by atoms with Crippen LogP contribution in [0.2, 0.25) is 0 Å². The van der Waals surface area contributed by atoms with E-state index in [1.807, 2.05) is 36.4 Å². The monoisotopic (exact) mass is 765 g/mol. The highest BCUT2D eigenvalue weighted by atomic mass is 15.2. The molecule has 0 unspecified atom stereocenters. The minimum atomic E-state index is 0.591. The summed E-state index contributed by atoms with van der Waals surface area (Å²) in [6, 6.07) is 61.0. The Morgan fingerprint density at radius 3 is 1.70 bits per heavy atom. The zero-order chi connectivity index (χ0) is 39.3. The fourth-order valence-corrected chi connectivity index (χ4v) is 9.91. The van der Waals surface area contributed by atoms with Crippen LogP contribution in [-0.2, 0) is 0 Å². The first kappa shape index (κ1) is 33.1. The van der Waals surface area contributed by atoms with Crippen molar-refractivity contribution < 1.29 is 0 Å². The van der Waals surface area contributed by atoms with Crippen molar-refractivity contribution in [2.24, 2.45) is 0 Å². The van der Waals surface area contributed by atoms with Crippen LogP contribution in [0.3, 0.4) is 0 Å². The smallest absolute Gasteiger partial charge is 0.238 e. The van der Waals surface area contributed by atoms with Crippen molar-refractivity contribution in [2.75, 3.05) is 0 Å². The molecule has 2 aliphatic carbocycles. The Balaban J connectivity index is 1.03. The van der Waals surface area contributed by atoms with Crippen LogP contribution >= 0.6 is 0 Å². The van der Waals surface area contributed by atoms with Crippen LogP contribution in [0.4, 0.5) is 0 Å². The molecular weight excluding hydrogens is 731 g/mol. The molecule has 0 bridgehead atoms. The second-order valence-electron chi connectivity index (χ2n) is 15.9. The van der Waals surface area contributed by atoms with Crippen LogP contribution in [-0.4, -0.2) is 24.1 Å². The first-order valence-corrected chi connectivity index (χ1v) is 20.7. The highest BCUT2D eigenvalue weighted by Crippen LogP contribution is 2.51. The molecule has 8 aromatic carbocycles. The summed E-state index contributed by atoms with van der Waals surface area (Å²) in [5.41, 5.74) is 15.4. The summed E-state index contributed by atoms with van der Waals surface area (Å²) in [6.07, 6.45) is 8.82. The molecule has 0 saturated heterocycles. The normalized spacial score (nSPS) is 13.2. The topological polar surface area (TPSA) is 48.5 Å². The summed E-state index contributed by atoms with van der Waals surface area (Å²) in [6.45, 7) is 0. The molecule has 0 saturated carbocycles. The maximum absolute atomic E-state index is 5.14. The maximum Gasteiger partial charge on any atom is 0.238 e. The quantitative estimate of drug-likeness (QED) is 0.175. The van der Waals surface area contributed by atoms with Gasteiger partial charge in [0.25, 0.3) is 0 Å². The SMILES string of the molecule is C1=CCCC(n2c3ccc(-c4ccc5c(c4)c4ccccc4n5-c4nc(-c5ccccc5)nc(-c5ccccc5)n4)cc3c3c4cccc5c4c(cc32)-c2ccccc2-5)=C1. The number of rotatable bonds is 5. The average Bonchev–Trinajstić information content (AvgIpc) is 3.96. The van der Waals surface area contributed by atoms with Crippen molar-refractivity contribution in [2.45, 2.75) is 12.8 Å². The number of hydrogen-bond donors (Lipinski definition) is 0. The molecule has 60 heavy (non-hydrogen) atoms. The number of aromatic nitrogens is 5. The van der Waals surface area contributed by atoms with Gasteiger partial charge < -0.3 is 4.57 Å². The molecule has 0 N–H and O–H groups in total. The summed E-state index contributed by atoms with van der Waals surface area (Å²) < 4.78 is 4.72. The molecule has 0 atom stereocenters. The minimum Gasteiger partial charge on any atom is -0.313 e. The maximum atomic E-state index is 5.14. The molecule has 280 valence electrons. The third-order valence-electron chi connectivity index (χ3n) is 12.6. The summed E-state index contributed by atoms with van der Waals surface area (Å²) in [5, 5.41) is 7.54. The number of benzene rings is 8. The van der Waals surface area contributed by atoms with Gasteiger partial charge in [0, 0.05) is 38.4 Å². The highest BCUT2D eigenvalue weighted by molar-refractivity contribution is 6.29. The number of para-hydroxylation sites is 1. The van der Waals surface area contributed by atoms with Gasteiger partial charge in [-0.05, 0) is 99.5 Å². The van der Waals surface area contributed by atoms with Crippen molar-refractivity contribution in [1.29, 1.82) is 0 Å². The Labute approximate surface area is 345 Å². The van der Waals surface area contributed by atoms with Gasteiger partial charge in [-0.3, -0.25) is 4.57 Å². The number of hydrogen-bond acceptors (Lipinski definition) is 3. The van der Waals surface area contributed by atoms with E-state index in [1.165, 1.54) is 66.1 Å². The van der Waals surface area contributed by atoms with Gasteiger partial charge in [-0.1, -0.05) is 146 Å².